The first-order valence-electron chi connectivity index (χ1n) is 16.4. The van der Waals surface area contributed by atoms with E-state index in [1.54, 1.807) is 0 Å². The lowest BCUT2D eigenvalue weighted by Gasteiger charge is -2.23. The maximum Gasteiger partial charge on any atom is 0.0498 e. The van der Waals surface area contributed by atoms with Gasteiger partial charge in [0.2, 0.25) is 0 Å². The van der Waals surface area contributed by atoms with E-state index in [-0.39, 0.29) is 0 Å². The Hall–Kier alpha value is -5.32. The van der Waals surface area contributed by atoms with Crippen molar-refractivity contribution in [3.63, 3.8) is 0 Å². The summed E-state index contributed by atoms with van der Waals surface area (Å²) in [5.41, 5.74) is 16.2. The van der Waals surface area contributed by atoms with E-state index in [2.05, 4.69) is 138 Å². The molecule has 3 aromatic heterocycles. The second-order valence-corrected chi connectivity index (χ2v) is 12.7. The van der Waals surface area contributed by atoms with Crippen LogP contribution in [0.15, 0.2) is 134 Å². The van der Waals surface area contributed by atoms with E-state index < -0.39 is 0 Å². The number of H-pyrrole nitrogens is 1. The van der Waals surface area contributed by atoms with E-state index in [1.807, 2.05) is 36.9 Å². The molecule has 0 atom stereocenters. The largest absolute Gasteiger partial charge is 0.354 e. The Balaban J connectivity index is 1.19. The van der Waals surface area contributed by atoms with Gasteiger partial charge in [-0.25, -0.2) is 0 Å². The van der Waals surface area contributed by atoms with Crippen molar-refractivity contribution in [2.24, 2.45) is 0 Å². The average Bonchev–Trinajstić information content (AvgIpc) is 3.46. The maximum atomic E-state index is 4.30. The molecule has 232 valence electrons. The van der Waals surface area contributed by atoms with Crippen LogP contribution in [0.1, 0.15) is 33.4 Å². The highest BCUT2D eigenvalue weighted by Crippen LogP contribution is 2.33. The molecule has 0 aliphatic carbocycles. The first-order valence-corrected chi connectivity index (χ1v) is 16.4. The van der Waals surface area contributed by atoms with Crippen LogP contribution in [-0.2, 0) is 19.5 Å². The molecule has 4 nitrogen and oxygen atoms in total. The van der Waals surface area contributed by atoms with Crippen LogP contribution < -0.4 is 0 Å². The maximum absolute atomic E-state index is 4.30. The number of aryl methyl sites for hydroxylation is 3. The quantitative estimate of drug-likeness (QED) is 0.167. The molecule has 0 saturated heterocycles. The Labute approximate surface area is 277 Å². The standard InChI is InChI=1S/C43H40N4/c1-30-8-17-42-41(25-30)40(43(46-42)39-23-31(2)22-32(3)24-39)18-21-47(28-33-9-13-35(14-10-33)37-6-4-19-44-26-37)29-34-11-15-36(16-12-34)38-7-5-20-45-27-38/h4-17,19-20,22-27,46H,18,21,28-29H2,1-3H3. The molecule has 0 bridgehead atoms. The molecule has 3 heterocycles. The van der Waals surface area contributed by atoms with Gasteiger partial charge in [0, 0.05) is 61.0 Å². The summed E-state index contributed by atoms with van der Waals surface area (Å²) >= 11 is 0. The second-order valence-electron chi connectivity index (χ2n) is 12.7. The van der Waals surface area contributed by atoms with Crippen molar-refractivity contribution in [3.05, 3.63) is 167 Å². The summed E-state index contributed by atoms with van der Waals surface area (Å²) in [6.07, 6.45) is 8.42. The number of nitrogens with zero attached hydrogens (tertiary/aromatic N) is 3. The fourth-order valence-corrected chi connectivity index (χ4v) is 6.66. The van der Waals surface area contributed by atoms with Crippen LogP contribution in [-0.4, -0.2) is 26.4 Å². The van der Waals surface area contributed by atoms with E-state index >= 15 is 0 Å². The summed E-state index contributed by atoms with van der Waals surface area (Å²) in [7, 11) is 0. The van der Waals surface area contributed by atoms with Crippen molar-refractivity contribution < 1.29 is 0 Å². The number of aromatic nitrogens is 3. The Morgan fingerprint density at radius 3 is 1.66 bits per heavy atom. The zero-order chi connectivity index (χ0) is 32.2. The predicted molar refractivity (Wildman–Crippen MR) is 195 cm³/mol. The minimum atomic E-state index is 0.859. The predicted octanol–water partition coefficient (Wildman–Crippen LogP) is 10.1. The average molecular weight is 613 g/mol. The van der Waals surface area contributed by atoms with Crippen LogP contribution in [0.3, 0.4) is 0 Å². The Bertz CT molecular complexity index is 1990. The first kappa shape index (κ1) is 30.3. The van der Waals surface area contributed by atoms with Crippen molar-refractivity contribution in [2.45, 2.75) is 40.3 Å². The van der Waals surface area contributed by atoms with E-state index in [0.717, 1.165) is 37.2 Å². The van der Waals surface area contributed by atoms with Crippen LogP contribution in [0.5, 0.6) is 0 Å². The number of nitrogens with one attached hydrogen (secondary N) is 1. The molecule has 0 saturated carbocycles. The molecular weight excluding hydrogens is 573 g/mol. The van der Waals surface area contributed by atoms with Gasteiger partial charge in [0.25, 0.3) is 0 Å². The van der Waals surface area contributed by atoms with E-state index in [9.17, 15) is 0 Å². The smallest absolute Gasteiger partial charge is 0.0498 e. The topological polar surface area (TPSA) is 44.8 Å². The fraction of sp³-hybridized carbons (Fsp3) is 0.163. The molecule has 1 N–H and O–H groups in total. The molecule has 0 amide bonds. The summed E-state index contributed by atoms with van der Waals surface area (Å²) in [6.45, 7) is 9.19. The van der Waals surface area contributed by atoms with Crippen molar-refractivity contribution >= 4 is 10.9 Å². The van der Waals surface area contributed by atoms with Gasteiger partial charge in [0.05, 0.1) is 0 Å². The normalized spacial score (nSPS) is 11.4. The molecule has 4 aromatic carbocycles. The molecule has 0 unspecified atom stereocenters. The highest BCUT2D eigenvalue weighted by molar-refractivity contribution is 5.91. The number of aromatic amines is 1. The minimum Gasteiger partial charge on any atom is -0.354 e. The number of fused-ring (bicyclic) bond motifs is 1. The Morgan fingerprint density at radius 1 is 0.553 bits per heavy atom. The lowest BCUT2D eigenvalue weighted by molar-refractivity contribution is 0.260. The third-order valence-electron chi connectivity index (χ3n) is 8.96. The van der Waals surface area contributed by atoms with Crippen LogP contribution in [0.2, 0.25) is 0 Å². The highest BCUT2D eigenvalue weighted by atomic mass is 15.1. The molecule has 7 rings (SSSR count). The molecule has 0 fully saturated rings. The van der Waals surface area contributed by atoms with Gasteiger partial charge in [-0.15, -0.1) is 0 Å². The van der Waals surface area contributed by atoms with Crippen molar-refractivity contribution in [1.82, 2.24) is 19.9 Å². The van der Waals surface area contributed by atoms with Gasteiger partial charge < -0.3 is 4.98 Å². The van der Waals surface area contributed by atoms with Crippen molar-refractivity contribution in [2.75, 3.05) is 6.54 Å². The lowest BCUT2D eigenvalue weighted by Crippen LogP contribution is -2.25. The summed E-state index contributed by atoms with van der Waals surface area (Å²) in [4.78, 5) is 15.0. The lowest BCUT2D eigenvalue weighted by atomic mass is 9.98. The first-order chi connectivity index (χ1) is 23.0. The zero-order valence-corrected chi connectivity index (χ0v) is 27.4. The van der Waals surface area contributed by atoms with E-state index in [0.29, 0.717) is 0 Å². The van der Waals surface area contributed by atoms with Crippen LogP contribution in [0.25, 0.3) is 44.4 Å². The van der Waals surface area contributed by atoms with Gasteiger partial charge in [-0.3, -0.25) is 14.9 Å². The van der Waals surface area contributed by atoms with Gasteiger partial charge in [-0.1, -0.05) is 89.5 Å². The molecule has 7 aromatic rings. The molecule has 0 aliphatic heterocycles. The van der Waals surface area contributed by atoms with Gasteiger partial charge >= 0.3 is 0 Å². The van der Waals surface area contributed by atoms with Gasteiger partial charge in [-0.2, -0.15) is 0 Å². The monoisotopic (exact) mass is 612 g/mol. The van der Waals surface area contributed by atoms with Crippen molar-refractivity contribution in [3.8, 4) is 33.5 Å². The summed E-state index contributed by atoms with van der Waals surface area (Å²) < 4.78 is 0. The van der Waals surface area contributed by atoms with Crippen LogP contribution in [0.4, 0.5) is 0 Å². The Morgan fingerprint density at radius 2 is 1.13 bits per heavy atom. The number of hydrogen-bond acceptors (Lipinski definition) is 3. The van der Waals surface area contributed by atoms with Gasteiger partial charge in [0.1, 0.15) is 0 Å². The van der Waals surface area contributed by atoms with E-state index in [4.69, 9.17) is 0 Å². The molecule has 0 radical (unpaired) electrons. The van der Waals surface area contributed by atoms with Gasteiger partial charge in [0.15, 0.2) is 0 Å². The third kappa shape index (κ3) is 7.09. The zero-order valence-electron chi connectivity index (χ0n) is 27.4. The fourth-order valence-electron chi connectivity index (χ4n) is 6.66. The third-order valence-corrected chi connectivity index (χ3v) is 8.96. The molecule has 0 spiro atoms. The SMILES string of the molecule is Cc1cc(C)cc(-c2[nH]c3ccc(C)cc3c2CCN(Cc2ccc(-c3cccnc3)cc2)Cc2ccc(-c3cccnc3)cc2)c1. The van der Waals surface area contributed by atoms with E-state index in [1.165, 1.54) is 66.7 Å². The minimum absolute atomic E-state index is 0.859. The molecule has 47 heavy (non-hydrogen) atoms. The van der Waals surface area contributed by atoms with Gasteiger partial charge in [-0.05, 0) is 108 Å². The molecule has 4 heteroatoms. The number of rotatable bonds is 10. The Kier molecular flexibility index (Phi) is 8.77. The summed E-state index contributed by atoms with van der Waals surface area (Å²) in [5, 5.41) is 1.32. The van der Waals surface area contributed by atoms with Crippen LogP contribution in [0, 0.1) is 20.8 Å². The number of benzene rings is 4. The number of hydrogen-bond donors (Lipinski definition) is 1. The summed E-state index contributed by atoms with van der Waals surface area (Å²) in [5.74, 6) is 0. The van der Waals surface area contributed by atoms with Crippen molar-refractivity contribution in [1.29, 1.82) is 0 Å². The molecular formula is C43H40N4. The molecule has 0 aliphatic rings. The van der Waals surface area contributed by atoms with Crippen LogP contribution >= 0.6 is 0 Å². The summed E-state index contributed by atoms with van der Waals surface area (Å²) in [6, 6.07) is 39.7. The number of pyridine rings is 2. The highest BCUT2D eigenvalue weighted by Gasteiger charge is 2.17. The second kappa shape index (κ2) is 13.6.